The number of carbonyl (C=O) groups excluding carboxylic acids is 1. The number of methoxy groups -OCH3 is 1. The van der Waals surface area contributed by atoms with Gasteiger partial charge in [0.1, 0.15) is 11.8 Å². The van der Waals surface area contributed by atoms with Crippen molar-refractivity contribution in [2.75, 3.05) is 7.11 Å². The molecular weight excluding hydrogens is 252 g/mol. The lowest BCUT2D eigenvalue weighted by Gasteiger charge is -2.19. The van der Waals surface area contributed by atoms with E-state index in [1.54, 1.807) is 7.11 Å². The van der Waals surface area contributed by atoms with E-state index in [9.17, 15) is 4.79 Å². The summed E-state index contributed by atoms with van der Waals surface area (Å²) >= 11 is 0. The molecule has 0 bridgehead atoms. The minimum absolute atomic E-state index is 0.0531. The van der Waals surface area contributed by atoms with Gasteiger partial charge in [-0.25, -0.2) is 0 Å². The van der Waals surface area contributed by atoms with Gasteiger partial charge in [0.05, 0.1) is 7.11 Å². The summed E-state index contributed by atoms with van der Waals surface area (Å²) in [7, 11) is 1.67. The summed E-state index contributed by atoms with van der Waals surface area (Å²) in [5, 5.41) is 5.21. The van der Waals surface area contributed by atoms with Gasteiger partial charge in [-0.15, -0.1) is 0 Å². The van der Waals surface area contributed by atoms with Gasteiger partial charge < -0.3 is 15.4 Å². The van der Waals surface area contributed by atoms with Crippen LogP contribution >= 0.6 is 0 Å². The summed E-state index contributed by atoms with van der Waals surface area (Å²) in [5.74, 6) is 1.02. The Labute approximate surface area is 120 Å². The number of quaternary nitrogens is 1. The third-order valence-electron chi connectivity index (χ3n) is 3.84. The third-order valence-corrected chi connectivity index (χ3v) is 3.84. The maximum Gasteiger partial charge on any atom is 0.278 e. The normalized spacial score (nSPS) is 17.4. The van der Waals surface area contributed by atoms with Gasteiger partial charge in [-0.2, -0.15) is 0 Å². The minimum atomic E-state index is -0.0531. The second-order valence-electron chi connectivity index (χ2n) is 5.55. The molecule has 1 saturated carbocycles. The van der Waals surface area contributed by atoms with E-state index in [2.05, 4.69) is 29.7 Å². The zero-order chi connectivity index (χ0) is 14.5. The minimum Gasteiger partial charge on any atom is -0.497 e. The standard InChI is InChI=1S/C16H24N2O2/c1-4-15(12-5-9-14(20-3)10-6-12)17-11(2)16(19)18-13-7-8-13/h5-6,9-11,13,15,17H,4,7-8H2,1-3H3,(H,18,19)/p+1/t11-,15+/m1/s1. The molecular formula is C16H25N2O2+. The Morgan fingerprint density at radius 2 is 2.05 bits per heavy atom. The lowest BCUT2D eigenvalue weighted by Crippen LogP contribution is -2.92. The number of amides is 1. The first-order valence-corrected chi connectivity index (χ1v) is 7.43. The molecule has 2 rings (SSSR count). The number of nitrogens with two attached hydrogens (primary N) is 1. The second-order valence-corrected chi connectivity index (χ2v) is 5.55. The van der Waals surface area contributed by atoms with Crippen molar-refractivity contribution in [2.24, 2.45) is 0 Å². The molecule has 0 spiro atoms. The first kappa shape index (κ1) is 14.9. The van der Waals surface area contributed by atoms with E-state index >= 15 is 0 Å². The van der Waals surface area contributed by atoms with Gasteiger partial charge >= 0.3 is 0 Å². The molecule has 1 aromatic carbocycles. The molecule has 1 aromatic rings. The molecule has 20 heavy (non-hydrogen) atoms. The number of hydrogen-bond donors (Lipinski definition) is 2. The van der Waals surface area contributed by atoms with E-state index in [0.29, 0.717) is 12.1 Å². The van der Waals surface area contributed by atoms with E-state index in [1.165, 1.54) is 5.56 Å². The highest BCUT2D eigenvalue weighted by atomic mass is 16.5. The fraction of sp³-hybridized carbons (Fsp3) is 0.562. The van der Waals surface area contributed by atoms with Gasteiger partial charge in [0.15, 0.2) is 6.04 Å². The van der Waals surface area contributed by atoms with Crippen LogP contribution in [0.2, 0.25) is 0 Å². The molecule has 0 radical (unpaired) electrons. The summed E-state index contributed by atoms with van der Waals surface area (Å²) in [6, 6.07) is 8.79. The summed E-state index contributed by atoms with van der Waals surface area (Å²) in [5.41, 5.74) is 1.24. The summed E-state index contributed by atoms with van der Waals surface area (Å²) < 4.78 is 5.18. The van der Waals surface area contributed by atoms with Crippen LogP contribution in [0.1, 0.15) is 44.7 Å². The van der Waals surface area contributed by atoms with Crippen molar-refractivity contribution in [3.8, 4) is 5.75 Å². The fourth-order valence-corrected chi connectivity index (χ4v) is 2.33. The Morgan fingerprint density at radius 1 is 1.40 bits per heavy atom. The molecule has 0 aromatic heterocycles. The van der Waals surface area contributed by atoms with E-state index < -0.39 is 0 Å². The molecule has 2 atom stereocenters. The van der Waals surface area contributed by atoms with E-state index in [1.807, 2.05) is 19.1 Å². The van der Waals surface area contributed by atoms with E-state index in [0.717, 1.165) is 25.0 Å². The average molecular weight is 277 g/mol. The summed E-state index contributed by atoms with van der Waals surface area (Å²) in [6.45, 7) is 4.13. The fourth-order valence-electron chi connectivity index (χ4n) is 2.33. The highest BCUT2D eigenvalue weighted by Gasteiger charge is 2.28. The van der Waals surface area contributed by atoms with Crippen LogP contribution in [-0.2, 0) is 4.79 Å². The van der Waals surface area contributed by atoms with Crippen molar-refractivity contribution in [3.63, 3.8) is 0 Å². The molecule has 0 saturated heterocycles. The van der Waals surface area contributed by atoms with Crippen LogP contribution in [0.25, 0.3) is 0 Å². The third kappa shape index (κ3) is 3.97. The summed E-state index contributed by atoms with van der Waals surface area (Å²) in [6.07, 6.45) is 3.26. The van der Waals surface area contributed by atoms with Crippen LogP contribution < -0.4 is 15.4 Å². The SMILES string of the molecule is CC[C@H]([NH2+][C@H](C)C(=O)NC1CC1)c1ccc(OC)cc1. The average Bonchev–Trinajstić information content (AvgIpc) is 3.28. The van der Waals surface area contributed by atoms with Crippen LogP contribution in [0.5, 0.6) is 5.75 Å². The molecule has 4 heteroatoms. The van der Waals surface area contributed by atoms with Gasteiger partial charge in [-0.05, 0) is 44.0 Å². The van der Waals surface area contributed by atoms with Crippen LogP contribution in [0.15, 0.2) is 24.3 Å². The van der Waals surface area contributed by atoms with Gasteiger partial charge in [0.2, 0.25) is 0 Å². The number of ether oxygens (including phenoxy) is 1. The Balaban J connectivity index is 1.94. The van der Waals surface area contributed by atoms with Crippen LogP contribution in [0, 0.1) is 0 Å². The first-order valence-electron chi connectivity index (χ1n) is 7.43. The monoisotopic (exact) mass is 277 g/mol. The molecule has 110 valence electrons. The maximum atomic E-state index is 12.0. The molecule has 0 heterocycles. The zero-order valence-corrected chi connectivity index (χ0v) is 12.6. The molecule has 1 aliphatic carbocycles. The predicted octanol–water partition coefficient (Wildman–Crippen LogP) is 1.38. The first-order chi connectivity index (χ1) is 9.63. The Morgan fingerprint density at radius 3 is 2.55 bits per heavy atom. The van der Waals surface area contributed by atoms with E-state index in [-0.39, 0.29) is 11.9 Å². The largest absolute Gasteiger partial charge is 0.497 e. The molecule has 0 aliphatic heterocycles. The maximum absolute atomic E-state index is 12.0. The van der Waals surface area contributed by atoms with Gasteiger partial charge in [0, 0.05) is 18.0 Å². The number of benzene rings is 1. The Kier molecular flexibility index (Phi) is 5.01. The molecule has 1 aliphatic rings. The number of nitrogens with one attached hydrogen (secondary N) is 1. The second kappa shape index (κ2) is 6.75. The van der Waals surface area contributed by atoms with Crippen molar-refractivity contribution in [3.05, 3.63) is 29.8 Å². The molecule has 1 amide bonds. The molecule has 1 fully saturated rings. The van der Waals surface area contributed by atoms with Gasteiger partial charge in [-0.3, -0.25) is 4.79 Å². The van der Waals surface area contributed by atoms with Crippen molar-refractivity contribution in [2.45, 2.75) is 51.2 Å². The smallest absolute Gasteiger partial charge is 0.278 e. The Hall–Kier alpha value is -1.55. The lowest BCUT2D eigenvalue weighted by molar-refractivity contribution is -0.713. The van der Waals surface area contributed by atoms with Crippen molar-refractivity contribution < 1.29 is 14.8 Å². The van der Waals surface area contributed by atoms with E-state index in [4.69, 9.17) is 4.74 Å². The highest BCUT2D eigenvalue weighted by molar-refractivity contribution is 5.80. The quantitative estimate of drug-likeness (QED) is 0.791. The number of rotatable bonds is 7. The van der Waals surface area contributed by atoms with Crippen LogP contribution in [0.3, 0.4) is 0 Å². The zero-order valence-electron chi connectivity index (χ0n) is 12.6. The topological polar surface area (TPSA) is 54.9 Å². The van der Waals surface area contributed by atoms with Crippen LogP contribution in [-0.4, -0.2) is 25.1 Å². The Bertz CT molecular complexity index is 440. The predicted molar refractivity (Wildman–Crippen MR) is 78.6 cm³/mol. The molecule has 0 unspecified atom stereocenters. The highest BCUT2D eigenvalue weighted by Crippen LogP contribution is 2.19. The van der Waals surface area contributed by atoms with Gasteiger partial charge in [-0.1, -0.05) is 6.92 Å². The number of hydrogen-bond acceptors (Lipinski definition) is 2. The van der Waals surface area contributed by atoms with Gasteiger partial charge in [0.25, 0.3) is 5.91 Å². The lowest BCUT2D eigenvalue weighted by atomic mass is 10.0. The molecule has 4 nitrogen and oxygen atoms in total. The summed E-state index contributed by atoms with van der Waals surface area (Å²) in [4.78, 5) is 12.0. The van der Waals surface area contributed by atoms with Crippen molar-refractivity contribution in [1.82, 2.24) is 5.32 Å². The van der Waals surface area contributed by atoms with Crippen LogP contribution in [0.4, 0.5) is 0 Å². The molecule has 3 N–H and O–H groups in total. The number of carbonyl (C=O) groups is 1. The van der Waals surface area contributed by atoms with Crippen molar-refractivity contribution in [1.29, 1.82) is 0 Å². The van der Waals surface area contributed by atoms with Crippen molar-refractivity contribution >= 4 is 5.91 Å².